The monoisotopic (exact) mass is 226 g/mol. The average molecular weight is 227 g/mol. The first kappa shape index (κ1) is 10.7. The van der Waals surface area contributed by atoms with Crippen LogP contribution in [-0.4, -0.2) is 31.3 Å². The molecule has 0 bridgehead atoms. The third kappa shape index (κ3) is 2.25. The summed E-state index contributed by atoms with van der Waals surface area (Å²) in [6.45, 7) is 3.90. The average Bonchev–Trinajstić information content (AvgIpc) is 2.30. The molecule has 2 N–H and O–H groups in total. The van der Waals surface area contributed by atoms with Crippen LogP contribution in [-0.2, 0) is 6.61 Å². The fourth-order valence-corrected chi connectivity index (χ4v) is 2.14. The minimum Gasteiger partial charge on any atom is -0.392 e. The van der Waals surface area contributed by atoms with Gasteiger partial charge in [0.25, 0.3) is 0 Å². The molecule has 0 spiro atoms. The van der Waals surface area contributed by atoms with Crippen molar-refractivity contribution < 1.29 is 5.11 Å². The lowest BCUT2D eigenvalue weighted by Crippen LogP contribution is -2.43. The fraction of sp³-hybridized carbons (Fsp3) is 0.455. The van der Waals surface area contributed by atoms with Crippen molar-refractivity contribution in [3.63, 3.8) is 0 Å². The van der Waals surface area contributed by atoms with E-state index in [1.54, 1.807) is 0 Å². The summed E-state index contributed by atoms with van der Waals surface area (Å²) in [6, 6.07) is 5.76. The SMILES string of the molecule is OCc1c(Cl)cccc1N1CCNCC1. The summed E-state index contributed by atoms with van der Waals surface area (Å²) in [5.41, 5.74) is 1.90. The van der Waals surface area contributed by atoms with E-state index in [0.717, 1.165) is 37.4 Å². The van der Waals surface area contributed by atoms with Crippen molar-refractivity contribution in [2.75, 3.05) is 31.1 Å². The van der Waals surface area contributed by atoms with Crippen LogP contribution < -0.4 is 10.2 Å². The van der Waals surface area contributed by atoms with Crippen LogP contribution in [0.1, 0.15) is 5.56 Å². The number of anilines is 1. The largest absolute Gasteiger partial charge is 0.392 e. The molecule has 0 saturated carbocycles. The van der Waals surface area contributed by atoms with Gasteiger partial charge in [0.15, 0.2) is 0 Å². The highest BCUT2D eigenvalue weighted by Crippen LogP contribution is 2.27. The molecule has 4 heteroatoms. The summed E-state index contributed by atoms with van der Waals surface area (Å²) in [5, 5.41) is 13.2. The summed E-state index contributed by atoms with van der Waals surface area (Å²) in [7, 11) is 0. The molecule has 3 nitrogen and oxygen atoms in total. The number of hydrogen-bond acceptors (Lipinski definition) is 3. The molecule has 0 amide bonds. The summed E-state index contributed by atoms with van der Waals surface area (Å²) in [5.74, 6) is 0. The summed E-state index contributed by atoms with van der Waals surface area (Å²) in [6.07, 6.45) is 0. The lowest BCUT2D eigenvalue weighted by molar-refractivity contribution is 0.282. The van der Waals surface area contributed by atoms with Gasteiger partial charge in [0.2, 0.25) is 0 Å². The zero-order valence-electron chi connectivity index (χ0n) is 8.54. The highest BCUT2D eigenvalue weighted by Gasteiger charge is 2.15. The molecule has 1 saturated heterocycles. The number of aliphatic hydroxyl groups excluding tert-OH is 1. The van der Waals surface area contributed by atoms with Crippen molar-refractivity contribution in [1.29, 1.82) is 0 Å². The van der Waals surface area contributed by atoms with Crippen LogP contribution in [0.4, 0.5) is 5.69 Å². The van der Waals surface area contributed by atoms with E-state index in [4.69, 9.17) is 11.6 Å². The van der Waals surface area contributed by atoms with E-state index in [0.29, 0.717) is 5.02 Å². The second-order valence-electron chi connectivity index (χ2n) is 3.63. The van der Waals surface area contributed by atoms with Gasteiger partial charge in [-0.05, 0) is 12.1 Å². The van der Waals surface area contributed by atoms with Gasteiger partial charge in [0.1, 0.15) is 0 Å². The Hall–Kier alpha value is -0.770. The predicted octanol–water partition coefficient (Wildman–Crippen LogP) is 1.24. The first-order valence-electron chi connectivity index (χ1n) is 5.17. The van der Waals surface area contributed by atoms with Crippen molar-refractivity contribution in [2.24, 2.45) is 0 Å². The second-order valence-corrected chi connectivity index (χ2v) is 4.04. The number of aliphatic hydroxyl groups is 1. The van der Waals surface area contributed by atoms with E-state index in [9.17, 15) is 5.11 Å². The number of nitrogens with one attached hydrogen (secondary N) is 1. The van der Waals surface area contributed by atoms with Gasteiger partial charge >= 0.3 is 0 Å². The molecule has 0 aromatic heterocycles. The number of hydrogen-bond donors (Lipinski definition) is 2. The molecule has 1 aromatic rings. The maximum absolute atomic E-state index is 9.30. The van der Waals surface area contributed by atoms with Gasteiger partial charge < -0.3 is 15.3 Å². The van der Waals surface area contributed by atoms with Crippen LogP contribution >= 0.6 is 11.6 Å². The molecule has 1 aliphatic rings. The maximum Gasteiger partial charge on any atom is 0.0716 e. The standard InChI is InChI=1S/C11H15ClN2O/c12-10-2-1-3-11(9(10)8-15)14-6-4-13-5-7-14/h1-3,13,15H,4-8H2. The highest BCUT2D eigenvalue weighted by molar-refractivity contribution is 6.31. The van der Waals surface area contributed by atoms with E-state index in [1.165, 1.54) is 0 Å². The van der Waals surface area contributed by atoms with Crippen molar-refractivity contribution in [1.82, 2.24) is 5.32 Å². The quantitative estimate of drug-likeness (QED) is 0.797. The van der Waals surface area contributed by atoms with Crippen LogP contribution in [0, 0.1) is 0 Å². The van der Waals surface area contributed by atoms with Crippen LogP contribution in [0.5, 0.6) is 0 Å². The predicted molar refractivity (Wildman–Crippen MR) is 62.5 cm³/mol. The number of benzene rings is 1. The third-order valence-corrected chi connectivity index (χ3v) is 3.06. The lowest BCUT2D eigenvalue weighted by atomic mass is 10.1. The molecule has 0 radical (unpaired) electrons. The van der Waals surface area contributed by atoms with Crippen LogP contribution in [0.2, 0.25) is 5.02 Å². The van der Waals surface area contributed by atoms with Gasteiger partial charge in [-0.2, -0.15) is 0 Å². The summed E-state index contributed by atoms with van der Waals surface area (Å²) < 4.78 is 0. The zero-order chi connectivity index (χ0) is 10.7. The molecule has 1 heterocycles. The van der Waals surface area contributed by atoms with Crippen molar-refractivity contribution in [2.45, 2.75) is 6.61 Å². The first-order chi connectivity index (χ1) is 7.33. The van der Waals surface area contributed by atoms with Gasteiger partial charge in [-0.15, -0.1) is 0 Å². The van der Waals surface area contributed by atoms with Crippen LogP contribution in [0.3, 0.4) is 0 Å². The summed E-state index contributed by atoms with van der Waals surface area (Å²) in [4.78, 5) is 2.26. The Morgan fingerprint density at radius 3 is 2.73 bits per heavy atom. The molecule has 82 valence electrons. The van der Waals surface area contributed by atoms with Gasteiger partial charge in [0.05, 0.1) is 6.61 Å². The smallest absolute Gasteiger partial charge is 0.0716 e. The van der Waals surface area contributed by atoms with Gasteiger partial charge in [-0.25, -0.2) is 0 Å². The van der Waals surface area contributed by atoms with Gasteiger partial charge in [0, 0.05) is 42.5 Å². The molecular weight excluding hydrogens is 212 g/mol. The first-order valence-corrected chi connectivity index (χ1v) is 5.54. The number of rotatable bonds is 2. The molecule has 0 atom stereocenters. The molecule has 2 rings (SSSR count). The molecule has 1 aromatic carbocycles. The van der Waals surface area contributed by atoms with E-state index >= 15 is 0 Å². The summed E-state index contributed by atoms with van der Waals surface area (Å²) >= 11 is 6.05. The topological polar surface area (TPSA) is 35.5 Å². The van der Waals surface area contributed by atoms with E-state index < -0.39 is 0 Å². The zero-order valence-corrected chi connectivity index (χ0v) is 9.30. The Bertz CT molecular complexity index is 337. The van der Waals surface area contributed by atoms with Gasteiger partial charge in [-0.1, -0.05) is 17.7 Å². The Morgan fingerprint density at radius 1 is 1.33 bits per heavy atom. The van der Waals surface area contributed by atoms with Crippen molar-refractivity contribution in [3.8, 4) is 0 Å². The molecular formula is C11H15ClN2O. The minimum atomic E-state index is -0.00106. The minimum absolute atomic E-state index is 0.00106. The van der Waals surface area contributed by atoms with E-state index in [-0.39, 0.29) is 6.61 Å². The number of halogens is 1. The number of nitrogens with zero attached hydrogens (tertiary/aromatic N) is 1. The lowest BCUT2D eigenvalue weighted by Gasteiger charge is -2.31. The Morgan fingerprint density at radius 2 is 2.07 bits per heavy atom. The van der Waals surface area contributed by atoms with Gasteiger partial charge in [-0.3, -0.25) is 0 Å². The van der Waals surface area contributed by atoms with Crippen molar-refractivity contribution in [3.05, 3.63) is 28.8 Å². The second kappa shape index (κ2) is 4.84. The Labute approximate surface area is 94.7 Å². The highest BCUT2D eigenvalue weighted by atomic mass is 35.5. The molecule has 0 unspecified atom stereocenters. The molecule has 15 heavy (non-hydrogen) atoms. The normalized spacial score (nSPS) is 16.8. The van der Waals surface area contributed by atoms with Crippen LogP contribution in [0.25, 0.3) is 0 Å². The molecule has 1 fully saturated rings. The van der Waals surface area contributed by atoms with E-state index in [1.807, 2.05) is 18.2 Å². The third-order valence-electron chi connectivity index (χ3n) is 2.71. The molecule has 1 aliphatic heterocycles. The Kier molecular flexibility index (Phi) is 3.46. The Balaban J connectivity index is 2.29. The maximum atomic E-state index is 9.30. The van der Waals surface area contributed by atoms with Crippen molar-refractivity contribution >= 4 is 17.3 Å². The van der Waals surface area contributed by atoms with Crippen LogP contribution in [0.15, 0.2) is 18.2 Å². The van der Waals surface area contributed by atoms with E-state index in [2.05, 4.69) is 10.2 Å². The fourth-order valence-electron chi connectivity index (χ4n) is 1.91. The molecule has 0 aliphatic carbocycles. The number of piperazine rings is 1.